The molecule has 0 saturated heterocycles. The van der Waals surface area contributed by atoms with Gasteiger partial charge in [-0.15, -0.1) is 0 Å². The lowest BCUT2D eigenvalue weighted by Crippen LogP contribution is -2.44. The Morgan fingerprint density at radius 3 is 1.26 bits per heavy atom. The summed E-state index contributed by atoms with van der Waals surface area (Å²) in [6.07, 6.45) is 0. The number of ether oxygens (including phenoxy) is 1. The molecule has 0 radical (unpaired) electrons. The molecule has 66 heavy (non-hydrogen) atoms. The lowest BCUT2D eigenvalue weighted by Gasteiger charge is -2.46. The molecule has 9 rings (SSSR count). The third-order valence-electron chi connectivity index (χ3n) is 10.6. The SMILES string of the molecule is CCN1C(=C2SC(C(=O)c3ccccc3)=C(C(=O)c3ccccc3)S2)C(=S)SC2=C1C1(SC(C(=O)OC)=C(C(=O)c3ccccc3)S1)C(C(=O)c1ccccc1)=C(C(=O)c1ccccc1)S2. The molecule has 4 aliphatic rings. The minimum absolute atomic E-state index is 0.0267. The number of allylic oxidation sites excluding steroid dienone is 4. The summed E-state index contributed by atoms with van der Waals surface area (Å²) >= 11 is 13.0. The van der Waals surface area contributed by atoms with Crippen LogP contribution in [-0.2, 0) is 9.53 Å². The molecule has 5 aromatic carbocycles. The van der Waals surface area contributed by atoms with E-state index in [4.69, 9.17) is 17.0 Å². The summed E-state index contributed by atoms with van der Waals surface area (Å²) < 4.78 is 5.20. The van der Waals surface area contributed by atoms with E-state index in [2.05, 4.69) is 0 Å². The molecule has 1 atom stereocenters. The van der Waals surface area contributed by atoms with Crippen molar-refractivity contribution in [2.24, 2.45) is 0 Å². The standard InChI is InChI=1S/C51H33NO7S7/c1-3-52-35(49-62-42(38(55)31-23-13-6-14-24-31)43(63-49)39(56)32-25-15-7-16-26-32)48(60)64-50-46(52)51(65-44(45(66-51)47(58)59-2)40(57)33-27-17-8-18-28-33)34(36(53)29-19-9-4-10-20-29)41(61-50)37(54)30-21-11-5-12-22-30/h4-28H,3H2,1-2H3. The second-order valence-electron chi connectivity index (χ2n) is 14.5. The molecular formula is C51H33NO7S7. The third kappa shape index (κ3) is 8.35. The van der Waals surface area contributed by atoms with Crippen molar-refractivity contribution in [3.05, 3.63) is 229 Å². The fourth-order valence-corrected chi connectivity index (χ4v) is 17.5. The summed E-state index contributed by atoms with van der Waals surface area (Å²) in [5.41, 5.74) is 2.84. The first-order valence-corrected chi connectivity index (χ1v) is 25.6. The molecule has 1 spiro atoms. The van der Waals surface area contributed by atoms with Crippen LogP contribution in [0.4, 0.5) is 0 Å². The number of hydrogen-bond donors (Lipinski definition) is 0. The maximum atomic E-state index is 15.5. The van der Waals surface area contributed by atoms with Crippen molar-refractivity contribution in [3.63, 3.8) is 0 Å². The fourth-order valence-electron chi connectivity index (χ4n) is 7.52. The van der Waals surface area contributed by atoms with E-state index in [0.29, 0.717) is 51.9 Å². The van der Waals surface area contributed by atoms with Gasteiger partial charge in [-0.3, -0.25) is 24.0 Å². The summed E-state index contributed by atoms with van der Waals surface area (Å²) in [6, 6.07) is 43.3. The van der Waals surface area contributed by atoms with Gasteiger partial charge in [0.2, 0.25) is 17.3 Å². The number of thioether (sulfide) groups is 6. The van der Waals surface area contributed by atoms with Crippen LogP contribution in [0, 0.1) is 0 Å². The number of hydrogen-bond acceptors (Lipinski definition) is 15. The highest BCUT2D eigenvalue weighted by Gasteiger charge is 2.60. The van der Waals surface area contributed by atoms with Crippen molar-refractivity contribution in [1.82, 2.24) is 4.90 Å². The highest BCUT2D eigenvalue weighted by molar-refractivity contribution is 8.36. The number of methoxy groups -OCH3 is 1. The van der Waals surface area contributed by atoms with Gasteiger partial charge in [0.25, 0.3) is 0 Å². The van der Waals surface area contributed by atoms with Crippen molar-refractivity contribution < 1.29 is 33.5 Å². The zero-order valence-electron chi connectivity index (χ0n) is 34.8. The van der Waals surface area contributed by atoms with E-state index in [1.807, 2.05) is 24.0 Å². The number of carbonyl (C=O) groups is 6. The number of esters is 1. The van der Waals surface area contributed by atoms with Gasteiger partial charge in [0.15, 0.2) is 11.6 Å². The number of benzene rings is 5. The van der Waals surface area contributed by atoms with Crippen LogP contribution in [0.2, 0.25) is 0 Å². The number of ketones is 5. The number of Topliss-reactive ketones (excluding diaryl/α,β-unsaturated/α-hetero) is 5. The van der Waals surface area contributed by atoms with Gasteiger partial charge in [-0.2, -0.15) is 0 Å². The first-order valence-electron chi connectivity index (χ1n) is 20.3. The highest BCUT2D eigenvalue weighted by Crippen LogP contribution is 2.70. The van der Waals surface area contributed by atoms with Gasteiger partial charge in [-0.05, 0) is 6.92 Å². The Morgan fingerprint density at radius 2 is 0.848 bits per heavy atom. The number of nitrogens with zero attached hydrogens (tertiary/aromatic N) is 1. The van der Waals surface area contributed by atoms with Gasteiger partial charge in [-0.25, -0.2) is 4.79 Å². The largest absolute Gasteiger partial charge is 0.465 e. The molecule has 1 unspecified atom stereocenters. The maximum Gasteiger partial charge on any atom is 0.345 e. The van der Waals surface area contributed by atoms with Crippen LogP contribution >= 0.6 is 82.8 Å². The molecule has 326 valence electrons. The monoisotopic (exact) mass is 995 g/mol. The molecular weight excluding hydrogens is 963 g/mol. The van der Waals surface area contributed by atoms with Crippen molar-refractivity contribution in [2.75, 3.05) is 13.7 Å². The average molecular weight is 996 g/mol. The van der Waals surface area contributed by atoms with E-state index in [9.17, 15) is 19.2 Å². The topological polar surface area (TPSA) is 115 Å². The summed E-state index contributed by atoms with van der Waals surface area (Å²) in [7, 11) is 1.23. The van der Waals surface area contributed by atoms with Gasteiger partial charge in [-0.1, -0.05) is 234 Å². The minimum atomic E-state index is -1.67. The van der Waals surface area contributed by atoms with Crippen LogP contribution in [0.25, 0.3) is 0 Å². The Kier molecular flexibility index (Phi) is 13.5. The van der Waals surface area contributed by atoms with Crippen LogP contribution < -0.4 is 0 Å². The van der Waals surface area contributed by atoms with E-state index in [0.717, 1.165) is 58.8 Å². The Morgan fingerprint density at radius 1 is 0.485 bits per heavy atom. The van der Waals surface area contributed by atoms with Crippen LogP contribution in [0.15, 0.2) is 202 Å². The van der Waals surface area contributed by atoms with E-state index in [-0.39, 0.29) is 48.2 Å². The summed E-state index contributed by atoms with van der Waals surface area (Å²) in [6.45, 7) is 2.16. The Bertz CT molecular complexity index is 2990. The smallest absolute Gasteiger partial charge is 0.345 e. The number of rotatable bonds is 12. The van der Waals surface area contributed by atoms with E-state index in [1.165, 1.54) is 18.9 Å². The van der Waals surface area contributed by atoms with Gasteiger partial charge < -0.3 is 9.64 Å². The van der Waals surface area contributed by atoms with Gasteiger partial charge >= 0.3 is 5.97 Å². The van der Waals surface area contributed by atoms with Crippen molar-refractivity contribution in [3.8, 4) is 0 Å². The highest BCUT2D eigenvalue weighted by atomic mass is 32.2. The van der Waals surface area contributed by atoms with E-state index in [1.54, 1.807) is 140 Å². The fraction of sp³-hybridized carbons (Fsp3) is 0.0784. The average Bonchev–Trinajstić information content (AvgIpc) is 3.99. The molecule has 0 amide bonds. The van der Waals surface area contributed by atoms with Crippen LogP contribution in [0.5, 0.6) is 0 Å². The lowest BCUT2D eigenvalue weighted by molar-refractivity contribution is -0.135. The predicted octanol–water partition coefficient (Wildman–Crippen LogP) is 12.4. The van der Waals surface area contributed by atoms with E-state index < -0.39 is 27.4 Å². The molecule has 0 aliphatic carbocycles. The lowest BCUT2D eigenvalue weighted by atomic mass is 9.94. The summed E-state index contributed by atoms with van der Waals surface area (Å²) in [5, 5.41) is 0. The number of fused-ring (bicyclic) bond motifs is 1. The van der Waals surface area contributed by atoms with Crippen molar-refractivity contribution in [1.29, 1.82) is 0 Å². The molecule has 0 N–H and O–H groups in total. The third-order valence-corrected chi connectivity index (χ3v) is 19.0. The molecule has 0 bridgehead atoms. The Labute approximate surface area is 411 Å². The Balaban J connectivity index is 1.27. The molecule has 15 heteroatoms. The molecule has 0 saturated carbocycles. The normalized spacial score (nSPS) is 18.3. The summed E-state index contributed by atoms with van der Waals surface area (Å²) in [4.78, 5) is 90.7. The molecule has 4 aliphatic heterocycles. The van der Waals surface area contributed by atoms with Crippen LogP contribution in [0.3, 0.4) is 0 Å². The molecule has 8 nitrogen and oxygen atoms in total. The first kappa shape index (κ1) is 45.8. The first-order chi connectivity index (χ1) is 32.1. The second-order valence-corrected chi connectivity index (χ2v) is 22.5. The molecule has 0 aromatic heterocycles. The van der Waals surface area contributed by atoms with E-state index >= 15 is 9.59 Å². The maximum absolute atomic E-state index is 15.5. The van der Waals surface area contributed by atoms with Gasteiger partial charge in [0.1, 0.15) is 13.2 Å². The quantitative estimate of drug-likeness (QED) is 0.0511. The minimum Gasteiger partial charge on any atom is -0.465 e. The predicted molar refractivity (Wildman–Crippen MR) is 274 cm³/mol. The zero-order chi connectivity index (χ0) is 46.1. The number of carbonyl (C=O) groups excluding carboxylic acids is 6. The van der Waals surface area contributed by atoms with Crippen molar-refractivity contribution in [2.45, 2.75) is 11.0 Å². The Hall–Kier alpha value is -5.39. The number of thiocarbonyl (C=S) groups is 1. The van der Waals surface area contributed by atoms with Gasteiger partial charge in [0.05, 0.1) is 52.2 Å². The van der Waals surface area contributed by atoms with Crippen LogP contribution in [0.1, 0.15) is 58.7 Å². The molecule has 4 heterocycles. The second kappa shape index (κ2) is 19.4. The zero-order valence-corrected chi connectivity index (χ0v) is 40.5. The molecule has 0 fully saturated rings. The summed E-state index contributed by atoms with van der Waals surface area (Å²) in [5.74, 6) is -2.81. The van der Waals surface area contributed by atoms with Crippen LogP contribution in [-0.4, -0.2) is 61.7 Å². The molecule has 5 aromatic rings. The van der Waals surface area contributed by atoms with Gasteiger partial charge in [0, 0.05) is 34.4 Å². The van der Waals surface area contributed by atoms with Crippen molar-refractivity contribution >= 4 is 122 Å².